The fraction of sp³-hybridized carbons (Fsp3) is 0.500. The quantitative estimate of drug-likeness (QED) is 0.874. The zero-order valence-electron chi connectivity index (χ0n) is 11.8. The van der Waals surface area contributed by atoms with Crippen LogP contribution in [0.2, 0.25) is 0 Å². The van der Waals surface area contributed by atoms with Crippen molar-refractivity contribution in [3.8, 4) is 0 Å². The molecule has 6 heteroatoms. The summed E-state index contributed by atoms with van der Waals surface area (Å²) in [6.07, 6.45) is 5.46. The summed E-state index contributed by atoms with van der Waals surface area (Å²) in [4.78, 5) is 25.1. The molecule has 2 atom stereocenters. The number of likely N-dealkylation sites (tertiary alicyclic amines) is 1. The van der Waals surface area contributed by atoms with Gasteiger partial charge in [0, 0.05) is 31.7 Å². The van der Waals surface area contributed by atoms with E-state index in [-0.39, 0.29) is 11.9 Å². The maximum atomic E-state index is 11.6. The third-order valence-electron chi connectivity index (χ3n) is 3.98. The molecule has 0 aromatic carbocycles. The van der Waals surface area contributed by atoms with E-state index in [1.807, 2.05) is 17.2 Å². The molecule has 0 spiro atoms. The first kappa shape index (κ1) is 12.9. The minimum absolute atomic E-state index is 0.137. The molecule has 1 aliphatic heterocycles. The SMILES string of the molecule is CC(=O)N1C[C@@H](Nc2ncnc3[nH]ccc23)CC[C@@H]1C. The third kappa shape index (κ3) is 2.33. The summed E-state index contributed by atoms with van der Waals surface area (Å²) < 4.78 is 0. The van der Waals surface area contributed by atoms with Gasteiger partial charge in [0.15, 0.2) is 0 Å². The number of rotatable bonds is 2. The number of carbonyl (C=O) groups excluding carboxylic acids is 1. The normalized spacial score (nSPS) is 23.0. The zero-order valence-corrected chi connectivity index (χ0v) is 11.8. The molecule has 0 unspecified atom stereocenters. The molecule has 0 bridgehead atoms. The van der Waals surface area contributed by atoms with Gasteiger partial charge in [0.05, 0.1) is 5.39 Å². The van der Waals surface area contributed by atoms with Crippen molar-refractivity contribution in [1.82, 2.24) is 19.9 Å². The second-order valence-electron chi connectivity index (χ2n) is 5.40. The number of aromatic nitrogens is 3. The van der Waals surface area contributed by atoms with Gasteiger partial charge in [-0.3, -0.25) is 4.79 Å². The first-order chi connectivity index (χ1) is 9.65. The van der Waals surface area contributed by atoms with E-state index >= 15 is 0 Å². The Balaban J connectivity index is 1.78. The fourth-order valence-electron chi connectivity index (χ4n) is 2.84. The van der Waals surface area contributed by atoms with Gasteiger partial charge in [-0.05, 0) is 25.8 Å². The molecule has 20 heavy (non-hydrogen) atoms. The Kier molecular flexibility index (Phi) is 3.30. The highest BCUT2D eigenvalue weighted by atomic mass is 16.2. The average molecular weight is 273 g/mol. The second kappa shape index (κ2) is 5.11. The second-order valence-corrected chi connectivity index (χ2v) is 5.40. The molecular weight excluding hydrogens is 254 g/mol. The van der Waals surface area contributed by atoms with Crippen molar-refractivity contribution >= 4 is 22.8 Å². The molecule has 2 aromatic heterocycles. The highest BCUT2D eigenvalue weighted by molar-refractivity contribution is 5.86. The Labute approximate surface area is 117 Å². The smallest absolute Gasteiger partial charge is 0.219 e. The van der Waals surface area contributed by atoms with E-state index in [0.717, 1.165) is 36.2 Å². The first-order valence-corrected chi connectivity index (χ1v) is 6.97. The predicted octanol–water partition coefficient (Wildman–Crippen LogP) is 1.77. The van der Waals surface area contributed by atoms with Crippen LogP contribution in [0.15, 0.2) is 18.6 Å². The average Bonchev–Trinajstić information content (AvgIpc) is 2.90. The molecule has 2 N–H and O–H groups in total. The molecule has 0 radical (unpaired) electrons. The lowest BCUT2D eigenvalue weighted by atomic mass is 9.99. The number of hydrogen-bond acceptors (Lipinski definition) is 4. The lowest BCUT2D eigenvalue weighted by Gasteiger charge is -2.37. The molecule has 3 heterocycles. The van der Waals surface area contributed by atoms with Crippen LogP contribution in [0.3, 0.4) is 0 Å². The van der Waals surface area contributed by atoms with Crippen molar-refractivity contribution in [2.45, 2.75) is 38.8 Å². The number of fused-ring (bicyclic) bond motifs is 1. The number of amides is 1. The number of carbonyl (C=O) groups is 1. The molecule has 6 nitrogen and oxygen atoms in total. The highest BCUT2D eigenvalue weighted by Crippen LogP contribution is 2.23. The van der Waals surface area contributed by atoms with Crippen LogP contribution in [0, 0.1) is 0 Å². The van der Waals surface area contributed by atoms with E-state index in [1.165, 1.54) is 0 Å². The van der Waals surface area contributed by atoms with Crippen LogP contribution in [-0.2, 0) is 4.79 Å². The zero-order chi connectivity index (χ0) is 14.1. The molecular formula is C14H19N5O. The van der Waals surface area contributed by atoms with Gasteiger partial charge >= 0.3 is 0 Å². The maximum Gasteiger partial charge on any atom is 0.219 e. The fourth-order valence-corrected chi connectivity index (χ4v) is 2.84. The van der Waals surface area contributed by atoms with Crippen molar-refractivity contribution in [1.29, 1.82) is 0 Å². The van der Waals surface area contributed by atoms with Gasteiger partial charge in [-0.1, -0.05) is 0 Å². The van der Waals surface area contributed by atoms with Crippen LogP contribution in [-0.4, -0.2) is 44.4 Å². The topological polar surface area (TPSA) is 73.9 Å². The Hall–Kier alpha value is -2.11. The van der Waals surface area contributed by atoms with Crippen LogP contribution in [0.5, 0.6) is 0 Å². The summed E-state index contributed by atoms with van der Waals surface area (Å²) in [5, 5.41) is 4.44. The van der Waals surface area contributed by atoms with Gasteiger partial charge in [0.25, 0.3) is 0 Å². The van der Waals surface area contributed by atoms with Gasteiger partial charge in [-0.2, -0.15) is 0 Å². The Morgan fingerprint density at radius 1 is 1.45 bits per heavy atom. The van der Waals surface area contributed by atoms with Gasteiger partial charge in [0.1, 0.15) is 17.8 Å². The summed E-state index contributed by atoms with van der Waals surface area (Å²) in [6, 6.07) is 2.53. The predicted molar refractivity (Wildman–Crippen MR) is 77.4 cm³/mol. The third-order valence-corrected chi connectivity index (χ3v) is 3.98. The van der Waals surface area contributed by atoms with Gasteiger partial charge in [0.2, 0.25) is 5.91 Å². The molecule has 0 aliphatic carbocycles. The van der Waals surface area contributed by atoms with Gasteiger partial charge in [-0.25, -0.2) is 9.97 Å². The van der Waals surface area contributed by atoms with Crippen LogP contribution in [0.1, 0.15) is 26.7 Å². The lowest BCUT2D eigenvalue weighted by Crippen LogP contribution is -2.49. The molecule has 106 valence electrons. The summed E-state index contributed by atoms with van der Waals surface area (Å²) >= 11 is 0. The van der Waals surface area contributed by atoms with Crippen molar-refractivity contribution in [3.05, 3.63) is 18.6 Å². The van der Waals surface area contributed by atoms with Crippen LogP contribution in [0.25, 0.3) is 11.0 Å². The Morgan fingerprint density at radius 2 is 2.30 bits per heavy atom. The standard InChI is InChI=1S/C14H19N5O/c1-9-3-4-11(7-19(9)10(2)20)18-14-12-5-6-15-13(12)16-8-17-14/h5-6,8-9,11H,3-4,7H2,1-2H3,(H2,15,16,17,18)/t9-,11-/m0/s1. The van der Waals surface area contributed by atoms with Crippen LogP contribution in [0.4, 0.5) is 5.82 Å². The molecule has 1 amide bonds. The molecule has 1 fully saturated rings. The minimum atomic E-state index is 0.137. The number of nitrogens with zero attached hydrogens (tertiary/aromatic N) is 3. The molecule has 2 aromatic rings. The molecule has 3 rings (SSSR count). The number of anilines is 1. The van der Waals surface area contributed by atoms with E-state index in [1.54, 1.807) is 13.3 Å². The van der Waals surface area contributed by atoms with Crippen molar-refractivity contribution in [2.24, 2.45) is 0 Å². The van der Waals surface area contributed by atoms with Gasteiger partial charge in [-0.15, -0.1) is 0 Å². The Morgan fingerprint density at radius 3 is 3.10 bits per heavy atom. The van der Waals surface area contributed by atoms with E-state index < -0.39 is 0 Å². The van der Waals surface area contributed by atoms with Gasteiger partial charge < -0.3 is 15.2 Å². The lowest BCUT2D eigenvalue weighted by molar-refractivity contribution is -0.132. The largest absolute Gasteiger partial charge is 0.365 e. The molecule has 0 saturated carbocycles. The minimum Gasteiger partial charge on any atom is -0.365 e. The van der Waals surface area contributed by atoms with E-state index in [2.05, 4.69) is 27.2 Å². The number of hydrogen-bond donors (Lipinski definition) is 2. The van der Waals surface area contributed by atoms with E-state index in [9.17, 15) is 4.79 Å². The number of H-pyrrole nitrogens is 1. The monoisotopic (exact) mass is 273 g/mol. The Bertz CT molecular complexity index is 623. The summed E-state index contributed by atoms with van der Waals surface area (Å²) in [6.45, 7) is 4.47. The maximum absolute atomic E-state index is 11.6. The first-order valence-electron chi connectivity index (χ1n) is 6.97. The summed E-state index contributed by atoms with van der Waals surface area (Å²) in [5.74, 6) is 0.970. The van der Waals surface area contributed by atoms with Crippen molar-refractivity contribution < 1.29 is 4.79 Å². The van der Waals surface area contributed by atoms with Crippen molar-refractivity contribution in [2.75, 3.05) is 11.9 Å². The number of piperidine rings is 1. The molecule has 1 saturated heterocycles. The number of aromatic amines is 1. The van der Waals surface area contributed by atoms with Crippen LogP contribution >= 0.6 is 0 Å². The highest BCUT2D eigenvalue weighted by Gasteiger charge is 2.27. The summed E-state index contributed by atoms with van der Waals surface area (Å²) in [7, 11) is 0. The van der Waals surface area contributed by atoms with E-state index in [4.69, 9.17) is 0 Å². The molecule has 1 aliphatic rings. The summed E-state index contributed by atoms with van der Waals surface area (Å²) in [5.41, 5.74) is 0.829. The van der Waals surface area contributed by atoms with Crippen LogP contribution < -0.4 is 5.32 Å². The van der Waals surface area contributed by atoms with Crippen molar-refractivity contribution in [3.63, 3.8) is 0 Å². The number of nitrogens with one attached hydrogen (secondary N) is 2. The van der Waals surface area contributed by atoms with E-state index in [0.29, 0.717) is 6.04 Å².